The van der Waals surface area contributed by atoms with E-state index in [-0.39, 0.29) is 5.60 Å². The molecule has 0 radical (unpaired) electrons. The largest absolute Gasteiger partial charge is 0.508 e. The maximum absolute atomic E-state index is 10.1. The predicted molar refractivity (Wildman–Crippen MR) is 131 cm³/mol. The molecule has 4 atom stereocenters. The van der Waals surface area contributed by atoms with Crippen LogP contribution in [0.4, 0.5) is 0 Å². The minimum atomic E-state index is -0.0822. The van der Waals surface area contributed by atoms with Gasteiger partial charge in [-0.3, -0.25) is 0 Å². The summed E-state index contributed by atoms with van der Waals surface area (Å²) >= 11 is 0. The summed E-state index contributed by atoms with van der Waals surface area (Å²) in [5.74, 6) is 3.45. The number of phenols is 1. The third-order valence-electron chi connectivity index (χ3n) is 7.66. The van der Waals surface area contributed by atoms with Crippen molar-refractivity contribution in [1.82, 2.24) is 0 Å². The van der Waals surface area contributed by atoms with Gasteiger partial charge in [0.1, 0.15) is 17.1 Å². The van der Waals surface area contributed by atoms with Crippen molar-refractivity contribution in [2.24, 2.45) is 17.8 Å². The highest BCUT2D eigenvalue weighted by Gasteiger charge is 2.33. The van der Waals surface area contributed by atoms with Gasteiger partial charge in [0.15, 0.2) is 0 Å². The highest BCUT2D eigenvalue weighted by atomic mass is 16.5. The molecule has 2 rings (SSSR count). The van der Waals surface area contributed by atoms with Crippen LogP contribution in [0.2, 0.25) is 0 Å². The number of fused-ring (bicyclic) bond motifs is 1. The molecule has 0 saturated heterocycles. The minimum Gasteiger partial charge on any atom is -0.508 e. The Bertz CT molecular complexity index is 683. The van der Waals surface area contributed by atoms with Crippen molar-refractivity contribution in [2.45, 2.75) is 118 Å². The van der Waals surface area contributed by atoms with Crippen LogP contribution in [0.15, 0.2) is 6.07 Å². The van der Waals surface area contributed by atoms with Crippen molar-refractivity contribution in [2.75, 3.05) is 6.61 Å². The topological polar surface area (TPSA) is 49.7 Å². The molecule has 1 aliphatic rings. The highest BCUT2D eigenvalue weighted by Crippen LogP contribution is 2.42. The zero-order valence-corrected chi connectivity index (χ0v) is 21.1. The number of phenolic OH excluding ortho intramolecular Hbond substituents is 1. The summed E-state index contributed by atoms with van der Waals surface area (Å²) in [5.41, 5.74) is 3.11. The fourth-order valence-electron chi connectivity index (χ4n) is 4.98. The van der Waals surface area contributed by atoms with Gasteiger partial charge in [0.25, 0.3) is 0 Å². The fraction of sp³-hybridized carbons (Fsp3) is 0.786. The van der Waals surface area contributed by atoms with Crippen LogP contribution >= 0.6 is 0 Å². The Hall–Kier alpha value is -1.22. The second-order valence-electron chi connectivity index (χ2n) is 10.9. The van der Waals surface area contributed by atoms with Crippen LogP contribution in [0, 0.1) is 31.6 Å². The van der Waals surface area contributed by atoms with Gasteiger partial charge in [-0.15, -0.1) is 0 Å². The molecule has 31 heavy (non-hydrogen) atoms. The smallest absolute Gasteiger partial charge is 0.126 e. The molecule has 0 fully saturated rings. The van der Waals surface area contributed by atoms with E-state index in [1.54, 1.807) is 0 Å². The van der Waals surface area contributed by atoms with Gasteiger partial charge in [-0.05, 0) is 93.4 Å². The Morgan fingerprint density at radius 1 is 0.903 bits per heavy atom. The van der Waals surface area contributed by atoms with Crippen molar-refractivity contribution in [1.29, 1.82) is 0 Å². The average Bonchev–Trinajstić information content (AvgIpc) is 2.72. The van der Waals surface area contributed by atoms with E-state index in [1.165, 1.54) is 44.9 Å². The molecule has 0 amide bonds. The van der Waals surface area contributed by atoms with Crippen LogP contribution in [0.1, 0.15) is 109 Å². The van der Waals surface area contributed by atoms with E-state index < -0.39 is 0 Å². The van der Waals surface area contributed by atoms with Crippen molar-refractivity contribution >= 4 is 0 Å². The lowest BCUT2D eigenvalue weighted by Gasteiger charge is -2.37. The summed E-state index contributed by atoms with van der Waals surface area (Å²) in [6, 6.07) is 1.90. The Balaban J connectivity index is 1.67. The molecule has 0 spiro atoms. The van der Waals surface area contributed by atoms with Crippen molar-refractivity contribution in [3.8, 4) is 11.5 Å². The van der Waals surface area contributed by atoms with Crippen LogP contribution < -0.4 is 4.74 Å². The SMILES string of the molecule is Cc1c(O)cc2c(c1C)O[C@](C)(CCC[C@H](C)CCC[C@H](C)CCCC(C)CO)CC2. The normalized spacial score (nSPS) is 21.3. The van der Waals surface area contributed by atoms with Crippen molar-refractivity contribution < 1.29 is 14.9 Å². The summed E-state index contributed by atoms with van der Waals surface area (Å²) in [4.78, 5) is 0. The lowest BCUT2D eigenvalue weighted by atomic mass is 9.85. The summed E-state index contributed by atoms with van der Waals surface area (Å²) in [6.07, 6.45) is 13.3. The summed E-state index contributed by atoms with van der Waals surface area (Å²) in [7, 11) is 0. The van der Waals surface area contributed by atoms with Crippen molar-refractivity contribution in [3.05, 3.63) is 22.8 Å². The van der Waals surface area contributed by atoms with E-state index in [0.717, 1.165) is 60.0 Å². The second-order valence-corrected chi connectivity index (χ2v) is 10.9. The van der Waals surface area contributed by atoms with E-state index in [4.69, 9.17) is 9.84 Å². The molecule has 2 N–H and O–H groups in total. The zero-order valence-electron chi connectivity index (χ0n) is 21.1. The van der Waals surface area contributed by atoms with E-state index in [9.17, 15) is 5.11 Å². The summed E-state index contributed by atoms with van der Waals surface area (Å²) in [5, 5.41) is 19.2. The number of aryl methyl sites for hydroxylation is 1. The summed E-state index contributed by atoms with van der Waals surface area (Å²) in [6.45, 7) is 13.6. The molecule has 0 saturated carbocycles. The lowest BCUT2D eigenvalue weighted by molar-refractivity contribution is 0.0514. The molecule has 1 unspecified atom stereocenters. The van der Waals surface area contributed by atoms with Gasteiger partial charge in [-0.2, -0.15) is 0 Å². The second kappa shape index (κ2) is 12.1. The van der Waals surface area contributed by atoms with E-state index in [1.807, 2.05) is 13.0 Å². The predicted octanol–water partition coefficient (Wildman–Crippen LogP) is 7.50. The highest BCUT2D eigenvalue weighted by molar-refractivity contribution is 5.53. The zero-order chi connectivity index (χ0) is 23.0. The molecule has 0 aromatic heterocycles. The Morgan fingerprint density at radius 2 is 1.45 bits per heavy atom. The molecule has 1 aliphatic heterocycles. The number of aromatic hydroxyl groups is 1. The lowest BCUT2D eigenvalue weighted by Crippen LogP contribution is -2.36. The van der Waals surface area contributed by atoms with Gasteiger partial charge in [0, 0.05) is 6.61 Å². The maximum atomic E-state index is 10.1. The van der Waals surface area contributed by atoms with Crippen molar-refractivity contribution in [3.63, 3.8) is 0 Å². The third-order valence-corrected chi connectivity index (χ3v) is 7.66. The minimum absolute atomic E-state index is 0.0822. The van der Waals surface area contributed by atoms with Crippen LogP contribution in [-0.4, -0.2) is 22.4 Å². The quantitative estimate of drug-likeness (QED) is 0.339. The Kier molecular flexibility index (Phi) is 10.2. The Morgan fingerprint density at radius 3 is 2.03 bits per heavy atom. The molecule has 0 aliphatic carbocycles. The number of hydrogen-bond acceptors (Lipinski definition) is 3. The molecule has 1 heterocycles. The molecular formula is C28H48O3. The third kappa shape index (κ3) is 8.00. The standard InChI is InChI=1S/C28H48O3/c1-20(12-8-13-22(3)19-29)10-7-11-21(2)14-9-16-28(6)17-15-25-18-26(30)23(4)24(5)27(25)31-28/h18,20-22,29-30H,7-17,19H2,1-6H3/t20-,21+,22?,28+/m0/s1. The fourth-order valence-corrected chi connectivity index (χ4v) is 4.98. The first-order chi connectivity index (χ1) is 14.6. The first-order valence-corrected chi connectivity index (χ1v) is 12.8. The first-order valence-electron chi connectivity index (χ1n) is 12.8. The number of aliphatic hydroxyl groups excluding tert-OH is 1. The van der Waals surface area contributed by atoms with E-state index >= 15 is 0 Å². The number of rotatable bonds is 13. The monoisotopic (exact) mass is 432 g/mol. The van der Waals surface area contributed by atoms with E-state index in [0.29, 0.717) is 18.3 Å². The average molecular weight is 433 g/mol. The molecule has 1 aromatic rings. The van der Waals surface area contributed by atoms with Gasteiger partial charge in [-0.1, -0.05) is 59.3 Å². The van der Waals surface area contributed by atoms with Gasteiger partial charge in [0.05, 0.1) is 0 Å². The molecule has 1 aromatic carbocycles. The van der Waals surface area contributed by atoms with Gasteiger partial charge < -0.3 is 14.9 Å². The number of aliphatic hydroxyl groups is 1. The number of hydrogen-bond donors (Lipinski definition) is 2. The Labute approximate surface area is 191 Å². The molecular weight excluding hydrogens is 384 g/mol. The van der Waals surface area contributed by atoms with E-state index in [2.05, 4.69) is 34.6 Å². The number of ether oxygens (including phenoxy) is 1. The van der Waals surface area contributed by atoms with Crippen LogP contribution in [-0.2, 0) is 6.42 Å². The molecule has 3 heteroatoms. The van der Waals surface area contributed by atoms with Crippen LogP contribution in [0.3, 0.4) is 0 Å². The van der Waals surface area contributed by atoms with Gasteiger partial charge in [-0.25, -0.2) is 0 Å². The maximum Gasteiger partial charge on any atom is 0.126 e. The van der Waals surface area contributed by atoms with Gasteiger partial charge in [0.2, 0.25) is 0 Å². The van der Waals surface area contributed by atoms with Crippen LogP contribution in [0.5, 0.6) is 11.5 Å². The number of benzene rings is 1. The molecule has 3 nitrogen and oxygen atoms in total. The van der Waals surface area contributed by atoms with Gasteiger partial charge >= 0.3 is 0 Å². The molecule has 178 valence electrons. The first kappa shape index (κ1) is 26.0. The van der Waals surface area contributed by atoms with Crippen LogP contribution in [0.25, 0.3) is 0 Å². The molecule has 0 bridgehead atoms. The summed E-state index contributed by atoms with van der Waals surface area (Å²) < 4.78 is 6.52.